The summed E-state index contributed by atoms with van der Waals surface area (Å²) >= 11 is 0. The van der Waals surface area contributed by atoms with E-state index in [2.05, 4.69) is 20.8 Å². The summed E-state index contributed by atoms with van der Waals surface area (Å²) in [5, 5.41) is 12.7. The standard InChI is InChI=1S/C10H14N4O2/c1-6-4-5-8(14-13-6)9(10(16)11-3)12-7(2)15/h4-5,9H,1-3H3,(H,11,16)(H,12,15). The summed E-state index contributed by atoms with van der Waals surface area (Å²) in [6.45, 7) is 3.14. The third-order valence-corrected chi connectivity index (χ3v) is 1.97. The summed E-state index contributed by atoms with van der Waals surface area (Å²) in [5.41, 5.74) is 1.17. The molecule has 1 unspecified atom stereocenters. The summed E-state index contributed by atoms with van der Waals surface area (Å²) < 4.78 is 0. The number of hydrogen-bond acceptors (Lipinski definition) is 4. The zero-order valence-electron chi connectivity index (χ0n) is 9.44. The van der Waals surface area contributed by atoms with Crippen LogP contribution in [0.2, 0.25) is 0 Å². The van der Waals surface area contributed by atoms with Crippen molar-refractivity contribution in [3.63, 3.8) is 0 Å². The van der Waals surface area contributed by atoms with Crippen molar-refractivity contribution in [1.82, 2.24) is 20.8 Å². The molecule has 1 atom stereocenters. The Hall–Kier alpha value is -1.98. The van der Waals surface area contributed by atoms with Crippen molar-refractivity contribution in [2.75, 3.05) is 7.05 Å². The molecule has 0 aliphatic carbocycles. The van der Waals surface area contributed by atoms with Gasteiger partial charge >= 0.3 is 0 Å². The third-order valence-electron chi connectivity index (χ3n) is 1.97. The number of carbonyl (C=O) groups excluding carboxylic acids is 2. The van der Waals surface area contributed by atoms with Crippen LogP contribution in [0.4, 0.5) is 0 Å². The highest BCUT2D eigenvalue weighted by atomic mass is 16.2. The normalized spacial score (nSPS) is 11.7. The van der Waals surface area contributed by atoms with Crippen LogP contribution in [0.1, 0.15) is 24.4 Å². The number of nitrogens with zero attached hydrogens (tertiary/aromatic N) is 2. The minimum atomic E-state index is -0.796. The molecule has 2 amide bonds. The maximum atomic E-state index is 11.5. The molecular formula is C10H14N4O2. The SMILES string of the molecule is CNC(=O)C(NC(C)=O)c1ccc(C)nn1. The van der Waals surface area contributed by atoms with Gasteiger partial charge in [-0.3, -0.25) is 9.59 Å². The van der Waals surface area contributed by atoms with E-state index < -0.39 is 6.04 Å². The smallest absolute Gasteiger partial charge is 0.248 e. The van der Waals surface area contributed by atoms with Crippen LogP contribution in [0.15, 0.2) is 12.1 Å². The first-order valence-electron chi connectivity index (χ1n) is 4.83. The van der Waals surface area contributed by atoms with E-state index in [-0.39, 0.29) is 11.8 Å². The van der Waals surface area contributed by atoms with Gasteiger partial charge in [0.2, 0.25) is 11.8 Å². The van der Waals surface area contributed by atoms with Crippen LogP contribution in [0.25, 0.3) is 0 Å². The molecule has 0 radical (unpaired) electrons. The fourth-order valence-corrected chi connectivity index (χ4v) is 1.18. The lowest BCUT2D eigenvalue weighted by Gasteiger charge is -2.14. The van der Waals surface area contributed by atoms with Crippen molar-refractivity contribution in [2.45, 2.75) is 19.9 Å². The minimum absolute atomic E-state index is 0.295. The molecule has 86 valence electrons. The zero-order chi connectivity index (χ0) is 12.1. The number of rotatable bonds is 3. The van der Waals surface area contributed by atoms with Gasteiger partial charge in [0, 0.05) is 14.0 Å². The third kappa shape index (κ3) is 3.01. The first-order chi connectivity index (χ1) is 7.54. The Morgan fingerprint density at radius 1 is 1.31 bits per heavy atom. The molecule has 0 bridgehead atoms. The highest BCUT2D eigenvalue weighted by molar-refractivity contribution is 5.87. The van der Waals surface area contributed by atoms with Crippen molar-refractivity contribution in [1.29, 1.82) is 0 Å². The molecule has 0 spiro atoms. The van der Waals surface area contributed by atoms with Gasteiger partial charge in [0.15, 0.2) is 6.04 Å². The topological polar surface area (TPSA) is 84.0 Å². The Morgan fingerprint density at radius 2 is 2.00 bits per heavy atom. The van der Waals surface area contributed by atoms with Gasteiger partial charge in [-0.1, -0.05) is 0 Å². The maximum absolute atomic E-state index is 11.5. The Labute approximate surface area is 93.5 Å². The van der Waals surface area contributed by atoms with E-state index in [1.807, 2.05) is 0 Å². The van der Waals surface area contributed by atoms with Gasteiger partial charge in [0.1, 0.15) is 0 Å². The largest absolute Gasteiger partial charge is 0.357 e. The monoisotopic (exact) mass is 222 g/mol. The van der Waals surface area contributed by atoms with Gasteiger partial charge < -0.3 is 10.6 Å². The molecule has 1 aromatic heterocycles. The molecule has 6 heteroatoms. The second-order valence-electron chi connectivity index (χ2n) is 3.35. The number of likely N-dealkylation sites (N-methyl/N-ethyl adjacent to an activating group) is 1. The molecule has 0 aromatic carbocycles. The Bertz CT molecular complexity index is 388. The fourth-order valence-electron chi connectivity index (χ4n) is 1.18. The lowest BCUT2D eigenvalue weighted by Crippen LogP contribution is -2.38. The van der Waals surface area contributed by atoms with E-state index in [1.54, 1.807) is 19.1 Å². The van der Waals surface area contributed by atoms with Gasteiger partial charge in [0.25, 0.3) is 0 Å². The summed E-state index contributed by atoms with van der Waals surface area (Å²) in [4.78, 5) is 22.5. The van der Waals surface area contributed by atoms with Gasteiger partial charge in [-0.2, -0.15) is 10.2 Å². The molecule has 1 heterocycles. The number of aryl methyl sites for hydroxylation is 1. The van der Waals surface area contributed by atoms with E-state index in [9.17, 15) is 9.59 Å². The summed E-state index contributed by atoms with van der Waals surface area (Å²) in [7, 11) is 1.50. The van der Waals surface area contributed by atoms with E-state index in [0.717, 1.165) is 5.69 Å². The van der Waals surface area contributed by atoms with Gasteiger partial charge in [-0.05, 0) is 19.1 Å². The van der Waals surface area contributed by atoms with E-state index in [0.29, 0.717) is 5.69 Å². The molecule has 16 heavy (non-hydrogen) atoms. The van der Waals surface area contributed by atoms with E-state index in [1.165, 1.54) is 14.0 Å². The minimum Gasteiger partial charge on any atom is -0.357 e. The van der Waals surface area contributed by atoms with Crippen molar-refractivity contribution in [3.8, 4) is 0 Å². The van der Waals surface area contributed by atoms with E-state index in [4.69, 9.17) is 0 Å². The molecule has 2 N–H and O–H groups in total. The van der Waals surface area contributed by atoms with Crippen LogP contribution < -0.4 is 10.6 Å². The maximum Gasteiger partial charge on any atom is 0.248 e. The van der Waals surface area contributed by atoms with Crippen molar-refractivity contribution in [3.05, 3.63) is 23.5 Å². The predicted molar refractivity (Wildman–Crippen MR) is 57.4 cm³/mol. The lowest BCUT2D eigenvalue weighted by molar-refractivity contribution is -0.128. The van der Waals surface area contributed by atoms with Crippen LogP contribution >= 0.6 is 0 Å². The Balaban J connectivity index is 2.96. The molecule has 0 saturated carbocycles. The highest BCUT2D eigenvalue weighted by Crippen LogP contribution is 2.09. The van der Waals surface area contributed by atoms with Crippen LogP contribution in [0.3, 0.4) is 0 Å². The van der Waals surface area contributed by atoms with Crippen molar-refractivity contribution < 1.29 is 9.59 Å². The van der Waals surface area contributed by atoms with Crippen molar-refractivity contribution in [2.24, 2.45) is 0 Å². The number of aromatic nitrogens is 2. The van der Waals surface area contributed by atoms with Gasteiger partial charge in [0.05, 0.1) is 11.4 Å². The molecule has 1 rings (SSSR count). The zero-order valence-corrected chi connectivity index (χ0v) is 9.44. The second kappa shape index (κ2) is 5.20. The molecule has 1 aromatic rings. The first-order valence-corrected chi connectivity index (χ1v) is 4.83. The van der Waals surface area contributed by atoms with Crippen LogP contribution in [0, 0.1) is 6.92 Å². The number of hydrogen-bond donors (Lipinski definition) is 2. The Morgan fingerprint density at radius 3 is 2.44 bits per heavy atom. The molecule has 0 saturated heterocycles. The number of nitrogens with one attached hydrogen (secondary N) is 2. The quantitative estimate of drug-likeness (QED) is 0.736. The molecule has 0 fully saturated rings. The Kier molecular flexibility index (Phi) is 3.93. The highest BCUT2D eigenvalue weighted by Gasteiger charge is 2.21. The van der Waals surface area contributed by atoms with Crippen molar-refractivity contribution >= 4 is 11.8 Å². The average molecular weight is 222 g/mol. The lowest BCUT2D eigenvalue weighted by atomic mass is 10.1. The summed E-state index contributed by atoms with van der Waals surface area (Å²) in [6, 6.07) is 2.61. The molecule has 0 aliphatic rings. The van der Waals surface area contributed by atoms with Crippen LogP contribution in [0.5, 0.6) is 0 Å². The molecular weight excluding hydrogens is 208 g/mol. The fraction of sp³-hybridized carbons (Fsp3) is 0.400. The van der Waals surface area contributed by atoms with Crippen LogP contribution in [-0.4, -0.2) is 29.1 Å². The van der Waals surface area contributed by atoms with E-state index >= 15 is 0 Å². The predicted octanol–water partition coefficient (Wildman–Crippen LogP) is -0.292. The van der Waals surface area contributed by atoms with Gasteiger partial charge in [-0.15, -0.1) is 0 Å². The first kappa shape index (κ1) is 12.1. The molecule has 6 nitrogen and oxygen atoms in total. The molecule has 0 aliphatic heterocycles. The number of amides is 2. The summed E-state index contributed by atoms with van der Waals surface area (Å²) in [5.74, 6) is -0.621. The van der Waals surface area contributed by atoms with Gasteiger partial charge in [-0.25, -0.2) is 0 Å². The second-order valence-corrected chi connectivity index (χ2v) is 3.35. The summed E-state index contributed by atoms with van der Waals surface area (Å²) in [6.07, 6.45) is 0. The average Bonchev–Trinajstić information content (AvgIpc) is 2.26. The number of carbonyl (C=O) groups is 2. The van der Waals surface area contributed by atoms with Crippen LogP contribution in [-0.2, 0) is 9.59 Å².